The van der Waals surface area contributed by atoms with Crippen LogP contribution in [-0.2, 0) is 0 Å². The Balaban J connectivity index is 0.816. The number of anilines is 6. The topological polar surface area (TPSA) is 42.6 Å². The van der Waals surface area contributed by atoms with Gasteiger partial charge in [-0.25, -0.2) is 0 Å². The van der Waals surface area contributed by atoms with Crippen molar-refractivity contribution < 1.29 is 8.83 Å². The normalized spacial score (nSPS) is 11.9. The smallest absolute Gasteiger partial charge is 0.143 e. The second-order valence-corrected chi connectivity index (χ2v) is 19.7. The van der Waals surface area contributed by atoms with Crippen molar-refractivity contribution in [3.63, 3.8) is 0 Å². The van der Waals surface area contributed by atoms with Crippen molar-refractivity contribution in [3.05, 3.63) is 267 Å². The molecule has 6 heteroatoms. The van der Waals surface area contributed by atoms with E-state index in [0.29, 0.717) is 0 Å². The maximum absolute atomic E-state index is 6.99. The molecule has 356 valence electrons. The standard InChI is InChI=1S/C70H44N4O2/c1-5-17-45(18-6-1)71(49-29-33-55-53-25-13-15-27-63(53)73(65(55)41-49)47-21-9-3-10-22-47)51-31-35-57-59-37-39-62-61(69(59)75-67(57)43-51)40-38-60-58-36-32-52(44-68(58)76-70(60)62)72(46-19-7-2-8-20-46)50-30-34-56-54-26-14-16-28-64(54)74(66(56)42-50)48-23-11-4-12-24-48/h1-44H. The highest BCUT2D eigenvalue weighted by Crippen LogP contribution is 2.46. The molecule has 0 unspecified atom stereocenters. The summed E-state index contributed by atoms with van der Waals surface area (Å²) in [5.41, 5.74) is 16.4. The van der Waals surface area contributed by atoms with E-state index in [4.69, 9.17) is 8.83 Å². The summed E-state index contributed by atoms with van der Waals surface area (Å²) >= 11 is 0. The van der Waals surface area contributed by atoms with Gasteiger partial charge in [0.1, 0.15) is 22.3 Å². The van der Waals surface area contributed by atoms with Gasteiger partial charge < -0.3 is 27.8 Å². The monoisotopic (exact) mass is 972 g/mol. The first kappa shape index (κ1) is 42.2. The number of benzene rings is 12. The second kappa shape index (κ2) is 16.6. The van der Waals surface area contributed by atoms with Gasteiger partial charge in [0.15, 0.2) is 0 Å². The van der Waals surface area contributed by atoms with Crippen molar-refractivity contribution in [2.24, 2.45) is 0 Å². The van der Waals surface area contributed by atoms with Crippen LogP contribution in [0.3, 0.4) is 0 Å². The van der Waals surface area contributed by atoms with Crippen LogP contribution in [0.2, 0.25) is 0 Å². The Morgan fingerprint density at radius 3 is 0.934 bits per heavy atom. The molecule has 0 aliphatic rings. The molecule has 0 spiro atoms. The van der Waals surface area contributed by atoms with Gasteiger partial charge in [0.25, 0.3) is 0 Å². The molecule has 0 fully saturated rings. The minimum absolute atomic E-state index is 0.818. The Morgan fingerprint density at radius 2 is 0.526 bits per heavy atom. The molecular weight excluding hydrogens is 929 g/mol. The molecule has 12 aromatic carbocycles. The number of hydrogen-bond donors (Lipinski definition) is 0. The van der Waals surface area contributed by atoms with Crippen molar-refractivity contribution in [3.8, 4) is 11.4 Å². The lowest BCUT2D eigenvalue weighted by Crippen LogP contribution is -2.09. The van der Waals surface area contributed by atoms with Gasteiger partial charge in [-0.15, -0.1) is 0 Å². The Bertz CT molecular complexity index is 4620. The van der Waals surface area contributed by atoms with Crippen molar-refractivity contribution in [2.45, 2.75) is 0 Å². The fourth-order valence-corrected chi connectivity index (χ4v) is 12.1. The number of nitrogens with zero attached hydrogens (tertiary/aromatic N) is 4. The summed E-state index contributed by atoms with van der Waals surface area (Å²) in [6, 6.07) is 95.4. The summed E-state index contributed by atoms with van der Waals surface area (Å²) in [6.07, 6.45) is 0. The first-order chi connectivity index (χ1) is 37.7. The summed E-state index contributed by atoms with van der Waals surface area (Å²) < 4.78 is 18.7. The van der Waals surface area contributed by atoms with Crippen LogP contribution in [0, 0.1) is 0 Å². The SMILES string of the molecule is c1ccc(N(c2ccc3c(c2)oc2c3ccc3c2ccc2c4ccc(N(c5ccccc5)c5ccc6c7ccccc7n(-c7ccccc7)c6c5)cc4oc23)c2ccc3c4ccccc4n(-c4ccccc4)c3c2)cc1. The number of aromatic nitrogens is 2. The van der Waals surface area contributed by atoms with Crippen LogP contribution in [-0.4, -0.2) is 9.13 Å². The summed E-state index contributed by atoms with van der Waals surface area (Å²) in [5, 5.41) is 11.1. The summed E-state index contributed by atoms with van der Waals surface area (Å²) in [7, 11) is 0. The second-order valence-electron chi connectivity index (χ2n) is 19.7. The highest BCUT2D eigenvalue weighted by molar-refractivity contribution is 6.23. The van der Waals surface area contributed by atoms with Gasteiger partial charge >= 0.3 is 0 Å². The molecule has 76 heavy (non-hydrogen) atoms. The van der Waals surface area contributed by atoms with Crippen LogP contribution in [0.15, 0.2) is 276 Å². The summed E-state index contributed by atoms with van der Waals surface area (Å²) in [6.45, 7) is 0. The van der Waals surface area contributed by atoms with Crippen LogP contribution in [0.1, 0.15) is 0 Å². The van der Waals surface area contributed by atoms with E-state index in [9.17, 15) is 0 Å². The minimum Gasteiger partial charge on any atom is -0.455 e. The fourth-order valence-electron chi connectivity index (χ4n) is 12.1. The molecular formula is C70H44N4O2. The van der Waals surface area contributed by atoms with Crippen LogP contribution < -0.4 is 9.80 Å². The first-order valence-electron chi connectivity index (χ1n) is 25.8. The molecule has 0 atom stereocenters. The third-order valence-electron chi connectivity index (χ3n) is 15.4. The lowest BCUT2D eigenvalue weighted by molar-refractivity contribution is 0.669. The zero-order valence-corrected chi connectivity index (χ0v) is 41.0. The molecule has 0 radical (unpaired) electrons. The van der Waals surface area contributed by atoms with Crippen LogP contribution >= 0.6 is 0 Å². The van der Waals surface area contributed by atoms with Crippen LogP contribution in [0.25, 0.3) is 110 Å². The van der Waals surface area contributed by atoms with Crippen molar-refractivity contribution in [1.29, 1.82) is 0 Å². The predicted molar refractivity (Wildman–Crippen MR) is 317 cm³/mol. The highest BCUT2D eigenvalue weighted by Gasteiger charge is 2.23. The van der Waals surface area contributed by atoms with Crippen LogP contribution in [0.5, 0.6) is 0 Å². The van der Waals surface area contributed by atoms with Gasteiger partial charge in [0.2, 0.25) is 0 Å². The number of furan rings is 2. The quantitative estimate of drug-likeness (QED) is 0.152. The van der Waals surface area contributed by atoms with E-state index in [1.807, 2.05) is 0 Å². The van der Waals surface area contributed by atoms with Gasteiger partial charge in [-0.3, -0.25) is 0 Å². The molecule has 4 heterocycles. The van der Waals surface area contributed by atoms with E-state index in [2.05, 4.69) is 286 Å². The minimum atomic E-state index is 0.818. The number of hydrogen-bond acceptors (Lipinski definition) is 4. The molecule has 0 amide bonds. The summed E-state index contributed by atoms with van der Waals surface area (Å²) in [5.74, 6) is 0. The van der Waals surface area contributed by atoms with Crippen molar-refractivity contribution in [2.75, 3.05) is 9.80 Å². The Morgan fingerprint density at radius 1 is 0.224 bits per heavy atom. The Kier molecular flexibility index (Phi) is 9.23. The molecule has 16 rings (SSSR count). The van der Waals surface area contributed by atoms with Gasteiger partial charge in [-0.1, -0.05) is 121 Å². The predicted octanol–water partition coefficient (Wildman–Crippen LogP) is 19.8. The molecule has 0 aliphatic carbocycles. The number of rotatable bonds is 8. The molecule has 0 bridgehead atoms. The van der Waals surface area contributed by atoms with E-state index >= 15 is 0 Å². The van der Waals surface area contributed by atoms with E-state index in [0.717, 1.165) is 111 Å². The average molecular weight is 973 g/mol. The lowest BCUT2D eigenvalue weighted by atomic mass is 10.0. The maximum atomic E-state index is 6.99. The fraction of sp³-hybridized carbons (Fsp3) is 0. The average Bonchev–Trinajstić information content (AvgIpc) is 4.28. The molecule has 0 saturated heterocycles. The van der Waals surface area contributed by atoms with Crippen molar-refractivity contribution in [1.82, 2.24) is 9.13 Å². The number of para-hydroxylation sites is 6. The molecule has 16 aromatic rings. The maximum Gasteiger partial charge on any atom is 0.143 e. The lowest BCUT2D eigenvalue weighted by Gasteiger charge is -2.25. The molecule has 0 N–H and O–H groups in total. The van der Waals surface area contributed by atoms with E-state index in [1.54, 1.807) is 0 Å². The molecule has 0 saturated carbocycles. The first-order valence-corrected chi connectivity index (χ1v) is 25.8. The zero-order valence-electron chi connectivity index (χ0n) is 41.0. The third kappa shape index (κ3) is 6.41. The van der Waals surface area contributed by atoms with Gasteiger partial charge in [-0.05, 0) is 133 Å². The van der Waals surface area contributed by atoms with Crippen LogP contribution in [0.4, 0.5) is 34.1 Å². The highest BCUT2D eigenvalue weighted by atomic mass is 16.3. The largest absolute Gasteiger partial charge is 0.455 e. The van der Waals surface area contributed by atoms with Crippen molar-refractivity contribution >= 4 is 132 Å². The van der Waals surface area contributed by atoms with E-state index in [-0.39, 0.29) is 0 Å². The third-order valence-corrected chi connectivity index (χ3v) is 15.4. The van der Waals surface area contributed by atoms with Gasteiger partial charge in [0.05, 0.1) is 22.1 Å². The number of fused-ring (bicyclic) bond motifs is 15. The molecule has 4 aromatic heterocycles. The van der Waals surface area contributed by atoms with Gasteiger partial charge in [0, 0.05) is 111 Å². The Labute approximate surface area is 436 Å². The molecule has 0 aliphatic heterocycles. The Hall–Kier alpha value is -10.3. The van der Waals surface area contributed by atoms with E-state index < -0.39 is 0 Å². The zero-order chi connectivity index (χ0) is 49.8. The van der Waals surface area contributed by atoms with Gasteiger partial charge in [-0.2, -0.15) is 0 Å². The summed E-state index contributed by atoms with van der Waals surface area (Å²) in [4.78, 5) is 4.65. The van der Waals surface area contributed by atoms with E-state index in [1.165, 1.54) is 32.6 Å². The molecule has 6 nitrogen and oxygen atoms in total.